The van der Waals surface area contributed by atoms with Gasteiger partial charge in [0.15, 0.2) is 6.10 Å². The predicted octanol–water partition coefficient (Wildman–Crippen LogP) is 2.32. The average molecular weight is 413 g/mol. The first kappa shape index (κ1) is 21.6. The number of carbonyl (C=O) groups is 3. The summed E-state index contributed by atoms with van der Waals surface area (Å²) in [4.78, 5) is 39.0. The van der Waals surface area contributed by atoms with E-state index in [-0.39, 0.29) is 18.9 Å². The molecule has 1 saturated heterocycles. The Balaban J connectivity index is 1.58. The number of ether oxygens (including phenoxy) is 2. The fourth-order valence-electron chi connectivity index (χ4n) is 3.97. The Bertz CT molecular complexity index is 857. The van der Waals surface area contributed by atoms with Crippen LogP contribution >= 0.6 is 0 Å². The molecule has 1 aliphatic carbocycles. The molecule has 3 rings (SSSR count). The molecular weight excluding hydrogens is 386 g/mol. The molecule has 1 aliphatic heterocycles. The van der Waals surface area contributed by atoms with E-state index in [2.05, 4.69) is 11.4 Å². The summed E-state index contributed by atoms with van der Waals surface area (Å²) in [6, 6.07) is 9.27. The number of carbonyl (C=O) groups excluding carboxylic acids is 3. The molecule has 160 valence electrons. The number of hydrogen-bond acceptors (Lipinski definition) is 6. The molecule has 8 nitrogen and oxygen atoms in total. The van der Waals surface area contributed by atoms with E-state index in [9.17, 15) is 19.6 Å². The average Bonchev–Trinajstić information content (AvgIpc) is 3.16. The smallest absolute Gasteiger partial charge is 0.312 e. The highest BCUT2D eigenvalue weighted by Gasteiger charge is 2.39. The van der Waals surface area contributed by atoms with Crippen LogP contribution in [0.3, 0.4) is 0 Å². The van der Waals surface area contributed by atoms with Crippen molar-refractivity contribution in [1.82, 2.24) is 5.32 Å². The summed E-state index contributed by atoms with van der Waals surface area (Å²) in [5.74, 6) is -1.30. The summed E-state index contributed by atoms with van der Waals surface area (Å²) in [7, 11) is 1.54. The zero-order valence-electron chi connectivity index (χ0n) is 17.3. The van der Waals surface area contributed by atoms with Gasteiger partial charge in [-0.3, -0.25) is 14.4 Å². The molecule has 2 aliphatic rings. The topological polar surface area (TPSA) is 109 Å². The van der Waals surface area contributed by atoms with Crippen molar-refractivity contribution in [3.63, 3.8) is 0 Å². The summed E-state index contributed by atoms with van der Waals surface area (Å²) in [5, 5.41) is 12.3. The van der Waals surface area contributed by atoms with Crippen LogP contribution in [0.4, 0.5) is 5.69 Å². The van der Waals surface area contributed by atoms with Gasteiger partial charge in [-0.2, -0.15) is 5.26 Å². The van der Waals surface area contributed by atoms with E-state index in [4.69, 9.17) is 9.47 Å². The third-order valence-corrected chi connectivity index (χ3v) is 5.77. The van der Waals surface area contributed by atoms with Crippen LogP contribution in [0.25, 0.3) is 0 Å². The largest absolute Gasteiger partial charge is 0.497 e. The van der Waals surface area contributed by atoms with Crippen molar-refractivity contribution in [3.05, 3.63) is 24.3 Å². The Hall–Kier alpha value is -3.08. The van der Waals surface area contributed by atoms with Crippen molar-refractivity contribution in [2.24, 2.45) is 5.92 Å². The van der Waals surface area contributed by atoms with E-state index in [1.54, 1.807) is 31.4 Å². The van der Waals surface area contributed by atoms with Crippen molar-refractivity contribution in [1.29, 1.82) is 5.26 Å². The number of rotatable bonds is 6. The molecule has 1 heterocycles. The fourth-order valence-corrected chi connectivity index (χ4v) is 3.97. The lowest BCUT2D eigenvalue weighted by atomic mass is 9.83. The lowest BCUT2D eigenvalue weighted by Gasteiger charge is -2.32. The van der Waals surface area contributed by atoms with Crippen LogP contribution in [0, 0.1) is 17.2 Å². The maximum atomic E-state index is 12.6. The number of nitrogens with zero attached hydrogens (tertiary/aromatic N) is 2. The van der Waals surface area contributed by atoms with Crippen molar-refractivity contribution in [2.45, 2.75) is 57.1 Å². The number of methoxy groups -OCH3 is 1. The maximum absolute atomic E-state index is 12.6. The van der Waals surface area contributed by atoms with Crippen molar-refractivity contribution >= 4 is 23.5 Å². The molecule has 1 aromatic rings. The molecule has 2 unspecified atom stereocenters. The zero-order valence-corrected chi connectivity index (χ0v) is 17.3. The van der Waals surface area contributed by atoms with Crippen LogP contribution in [0.1, 0.15) is 45.4 Å². The van der Waals surface area contributed by atoms with Crippen LogP contribution in [-0.2, 0) is 19.1 Å². The molecule has 2 atom stereocenters. The minimum absolute atomic E-state index is 0.0204. The first-order valence-electron chi connectivity index (χ1n) is 10.3. The van der Waals surface area contributed by atoms with Gasteiger partial charge in [-0.15, -0.1) is 0 Å². The van der Waals surface area contributed by atoms with Crippen LogP contribution in [0.5, 0.6) is 5.75 Å². The Morgan fingerprint density at radius 3 is 2.70 bits per heavy atom. The molecule has 1 aromatic carbocycles. The zero-order chi connectivity index (χ0) is 21.7. The van der Waals surface area contributed by atoms with Gasteiger partial charge in [0, 0.05) is 24.7 Å². The third-order valence-electron chi connectivity index (χ3n) is 5.77. The second-order valence-electron chi connectivity index (χ2n) is 7.93. The van der Waals surface area contributed by atoms with Gasteiger partial charge in [-0.25, -0.2) is 0 Å². The summed E-state index contributed by atoms with van der Waals surface area (Å²) in [5.41, 5.74) is -0.239. The maximum Gasteiger partial charge on any atom is 0.312 e. The second kappa shape index (κ2) is 9.16. The number of hydrogen-bond donors (Lipinski definition) is 1. The third kappa shape index (κ3) is 4.73. The van der Waals surface area contributed by atoms with Gasteiger partial charge >= 0.3 is 5.97 Å². The number of nitrogens with one attached hydrogen (secondary N) is 1. The van der Waals surface area contributed by atoms with Gasteiger partial charge in [0.25, 0.3) is 5.91 Å². The van der Waals surface area contributed by atoms with Crippen LogP contribution < -0.4 is 15.0 Å². The lowest BCUT2D eigenvalue weighted by molar-refractivity contribution is -0.159. The molecule has 2 amide bonds. The Morgan fingerprint density at radius 1 is 1.30 bits per heavy atom. The number of nitriles is 1. The van der Waals surface area contributed by atoms with Crippen LogP contribution in [0.2, 0.25) is 0 Å². The van der Waals surface area contributed by atoms with Crippen LogP contribution in [0.15, 0.2) is 24.3 Å². The SMILES string of the molecule is COc1cccc(N2CC(C(=O)OC(C)C(=O)NC3(C#N)CCCCC3)CC2=O)c1. The van der Waals surface area contributed by atoms with Gasteiger partial charge in [0.2, 0.25) is 5.91 Å². The quantitative estimate of drug-likeness (QED) is 0.717. The molecule has 0 aromatic heterocycles. The second-order valence-corrected chi connectivity index (χ2v) is 7.93. The molecule has 0 radical (unpaired) electrons. The summed E-state index contributed by atoms with van der Waals surface area (Å²) in [6.45, 7) is 1.67. The first-order chi connectivity index (χ1) is 14.4. The van der Waals surface area contributed by atoms with E-state index >= 15 is 0 Å². The predicted molar refractivity (Wildman–Crippen MR) is 109 cm³/mol. The van der Waals surface area contributed by atoms with Crippen molar-refractivity contribution in [3.8, 4) is 11.8 Å². The highest BCUT2D eigenvalue weighted by molar-refractivity contribution is 5.99. The normalized spacial score (nSPS) is 21.4. The summed E-state index contributed by atoms with van der Waals surface area (Å²) < 4.78 is 10.5. The number of anilines is 1. The van der Waals surface area contributed by atoms with E-state index in [1.165, 1.54) is 11.8 Å². The molecule has 8 heteroatoms. The molecular formula is C22H27N3O5. The van der Waals surface area contributed by atoms with E-state index in [1.807, 2.05) is 0 Å². The number of amides is 2. The van der Waals surface area contributed by atoms with Crippen molar-refractivity contribution in [2.75, 3.05) is 18.6 Å². The summed E-state index contributed by atoms with van der Waals surface area (Å²) >= 11 is 0. The highest BCUT2D eigenvalue weighted by atomic mass is 16.5. The van der Waals surface area contributed by atoms with Gasteiger partial charge in [0.05, 0.1) is 19.1 Å². The highest BCUT2D eigenvalue weighted by Crippen LogP contribution is 2.29. The summed E-state index contributed by atoms with van der Waals surface area (Å²) in [6.07, 6.45) is 2.99. The standard InChI is InChI=1S/C22H27N3O5/c1-15(20(27)24-22(14-23)9-4-3-5-10-22)30-21(28)16-11-19(26)25(13-16)17-7-6-8-18(12-17)29-2/h6-8,12,15-16H,3-5,9-11,13H2,1-2H3,(H,24,27). The van der Waals surface area contributed by atoms with E-state index < -0.39 is 29.4 Å². The Labute approximate surface area is 176 Å². The minimum atomic E-state index is -1.04. The van der Waals surface area contributed by atoms with E-state index in [0.29, 0.717) is 24.3 Å². The molecule has 0 spiro atoms. The van der Waals surface area contributed by atoms with Gasteiger partial charge < -0.3 is 19.7 Å². The van der Waals surface area contributed by atoms with Crippen molar-refractivity contribution < 1.29 is 23.9 Å². The lowest BCUT2D eigenvalue weighted by Crippen LogP contribution is -2.52. The Morgan fingerprint density at radius 2 is 2.03 bits per heavy atom. The first-order valence-corrected chi connectivity index (χ1v) is 10.3. The minimum Gasteiger partial charge on any atom is -0.497 e. The molecule has 30 heavy (non-hydrogen) atoms. The molecule has 2 fully saturated rings. The Kier molecular flexibility index (Phi) is 6.60. The number of benzene rings is 1. The fraction of sp³-hybridized carbons (Fsp3) is 0.545. The van der Waals surface area contributed by atoms with Crippen LogP contribution in [-0.4, -0.2) is 43.1 Å². The molecule has 0 bridgehead atoms. The molecule has 1 N–H and O–H groups in total. The van der Waals surface area contributed by atoms with Gasteiger partial charge in [-0.05, 0) is 31.9 Å². The molecule has 1 saturated carbocycles. The van der Waals surface area contributed by atoms with Gasteiger partial charge in [0.1, 0.15) is 11.3 Å². The van der Waals surface area contributed by atoms with E-state index in [0.717, 1.165) is 19.3 Å². The monoisotopic (exact) mass is 413 g/mol. The number of esters is 1. The van der Waals surface area contributed by atoms with Gasteiger partial charge in [-0.1, -0.05) is 25.3 Å².